The maximum absolute atomic E-state index is 13.2. The van der Waals surface area contributed by atoms with Gasteiger partial charge in [0.05, 0.1) is 12.2 Å². The fourth-order valence-corrected chi connectivity index (χ4v) is 3.63. The van der Waals surface area contributed by atoms with Crippen molar-refractivity contribution in [3.05, 3.63) is 101 Å². The maximum atomic E-state index is 13.2. The molecule has 32 heavy (non-hydrogen) atoms. The summed E-state index contributed by atoms with van der Waals surface area (Å²) in [6.45, 7) is 10.3. The molecule has 0 fully saturated rings. The number of rotatable bonds is 6. The van der Waals surface area contributed by atoms with Crippen LogP contribution in [0.15, 0.2) is 72.8 Å². The molecule has 166 valence electrons. The zero-order valence-corrected chi connectivity index (χ0v) is 19.3. The standard InChI is InChI=1S/C28H30O4/c1-6-31-27(30)24(20-13-9-7-10-14-20)23-18-22(28(3,4)5)17-19(2)25(23)32-26(29)21-15-11-8-12-16-21/h7-18,24H,6H2,1-5H3. The van der Waals surface area contributed by atoms with E-state index in [2.05, 4.69) is 20.8 Å². The number of benzene rings is 3. The Labute approximate surface area is 190 Å². The van der Waals surface area contributed by atoms with Crippen LogP contribution in [-0.4, -0.2) is 18.5 Å². The zero-order chi connectivity index (χ0) is 23.3. The average molecular weight is 431 g/mol. The molecule has 0 spiro atoms. The van der Waals surface area contributed by atoms with Gasteiger partial charge < -0.3 is 9.47 Å². The fourth-order valence-electron chi connectivity index (χ4n) is 3.63. The summed E-state index contributed by atoms with van der Waals surface area (Å²) in [6, 6.07) is 22.3. The molecule has 3 rings (SSSR count). The van der Waals surface area contributed by atoms with Gasteiger partial charge in [0, 0.05) is 5.56 Å². The van der Waals surface area contributed by atoms with E-state index in [0.717, 1.165) is 16.7 Å². The van der Waals surface area contributed by atoms with Gasteiger partial charge in [0.1, 0.15) is 11.7 Å². The highest BCUT2D eigenvalue weighted by atomic mass is 16.5. The van der Waals surface area contributed by atoms with Crippen molar-refractivity contribution in [1.82, 2.24) is 0 Å². The molecule has 0 amide bonds. The molecule has 0 bridgehead atoms. The van der Waals surface area contributed by atoms with Gasteiger partial charge in [-0.15, -0.1) is 0 Å². The van der Waals surface area contributed by atoms with E-state index >= 15 is 0 Å². The molecular weight excluding hydrogens is 400 g/mol. The number of hydrogen-bond acceptors (Lipinski definition) is 4. The van der Waals surface area contributed by atoms with Gasteiger partial charge >= 0.3 is 11.9 Å². The van der Waals surface area contributed by atoms with E-state index in [1.165, 1.54) is 0 Å². The molecule has 0 saturated carbocycles. The van der Waals surface area contributed by atoms with Gasteiger partial charge in [-0.2, -0.15) is 0 Å². The molecule has 0 N–H and O–H groups in total. The van der Waals surface area contributed by atoms with Crippen molar-refractivity contribution < 1.29 is 19.1 Å². The van der Waals surface area contributed by atoms with Gasteiger partial charge in [0.15, 0.2) is 0 Å². The Morgan fingerprint density at radius 1 is 0.906 bits per heavy atom. The Kier molecular flexibility index (Phi) is 7.14. The quantitative estimate of drug-likeness (QED) is 0.345. The smallest absolute Gasteiger partial charge is 0.343 e. The largest absolute Gasteiger partial charge is 0.465 e. The van der Waals surface area contributed by atoms with Gasteiger partial charge in [0.2, 0.25) is 0 Å². The van der Waals surface area contributed by atoms with Gasteiger partial charge in [-0.1, -0.05) is 81.4 Å². The van der Waals surface area contributed by atoms with Crippen molar-refractivity contribution in [3.8, 4) is 5.75 Å². The number of carbonyl (C=O) groups is 2. The summed E-state index contributed by atoms with van der Waals surface area (Å²) in [5.74, 6) is -1.15. The number of esters is 2. The monoisotopic (exact) mass is 430 g/mol. The molecule has 0 saturated heterocycles. The average Bonchev–Trinajstić information content (AvgIpc) is 2.76. The van der Waals surface area contributed by atoms with Crippen LogP contribution in [0.4, 0.5) is 0 Å². The number of ether oxygens (including phenoxy) is 2. The van der Waals surface area contributed by atoms with Crippen LogP contribution in [-0.2, 0) is 14.9 Å². The summed E-state index contributed by atoms with van der Waals surface area (Å²) < 4.78 is 11.4. The van der Waals surface area contributed by atoms with Crippen molar-refractivity contribution in [2.24, 2.45) is 0 Å². The first-order chi connectivity index (χ1) is 15.2. The van der Waals surface area contributed by atoms with E-state index < -0.39 is 11.9 Å². The second-order valence-corrected chi connectivity index (χ2v) is 8.81. The third-order valence-electron chi connectivity index (χ3n) is 5.34. The van der Waals surface area contributed by atoms with E-state index in [1.54, 1.807) is 31.2 Å². The number of aryl methyl sites for hydroxylation is 1. The van der Waals surface area contributed by atoms with E-state index in [1.807, 2.05) is 55.5 Å². The lowest BCUT2D eigenvalue weighted by molar-refractivity contribution is -0.143. The summed E-state index contributed by atoms with van der Waals surface area (Å²) in [6.07, 6.45) is 0. The van der Waals surface area contributed by atoms with Gasteiger partial charge in [0.25, 0.3) is 0 Å². The zero-order valence-electron chi connectivity index (χ0n) is 19.3. The van der Waals surface area contributed by atoms with Crippen molar-refractivity contribution in [3.63, 3.8) is 0 Å². The maximum Gasteiger partial charge on any atom is 0.343 e. The third kappa shape index (κ3) is 5.25. The first-order valence-corrected chi connectivity index (χ1v) is 10.9. The van der Waals surface area contributed by atoms with Crippen molar-refractivity contribution in [1.29, 1.82) is 0 Å². The van der Waals surface area contributed by atoms with Crippen LogP contribution < -0.4 is 4.74 Å². The lowest BCUT2D eigenvalue weighted by Gasteiger charge is -2.26. The van der Waals surface area contributed by atoms with E-state index in [-0.39, 0.29) is 18.0 Å². The molecule has 1 unspecified atom stereocenters. The fraction of sp³-hybridized carbons (Fsp3) is 0.286. The molecule has 0 aromatic heterocycles. The SMILES string of the molecule is CCOC(=O)C(c1ccccc1)c1cc(C(C)(C)C)cc(C)c1OC(=O)c1ccccc1. The molecule has 0 heterocycles. The molecule has 0 aliphatic heterocycles. The highest BCUT2D eigenvalue weighted by molar-refractivity contribution is 5.92. The Bertz CT molecular complexity index is 1080. The van der Waals surface area contributed by atoms with Crippen LogP contribution in [0.1, 0.15) is 66.2 Å². The third-order valence-corrected chi connectivity index (χ3v) is 5.34. The second-order valence-electron chi connectivity index (χ2n) is 8.81. The molecule has 3 aromatic carbocycles. The second kappa shape index (κ2) is 9.82. The van der Waals surface area contributed by atoms with E-state index in [0.29, 0.717) is 16.9 Å². The minimum Gasteiger partial charge on any atom is -0.465 e. The highest BCUT2D eigenvalue weighted by Crippen LogP contribution is 2.39. The Hall–Kier alpha value is -3.40. The topological polar surface area (TPSA) is 52.6 Å². The van der Waals surface area contributed by atoms with Crippen LogP contribution in [0.25, 0.3) is 0 Å². The molecule has 4 nitrogen and oxygen atoms in total. The molecule has 4 heteroatoms. The van der Waals surface area contributed by atoms with E-state index in [9.17, 15) is 9.59 Å². The minimum absolute atomic E-state index is 0.155. The summed E-state index contributed by atoms with van der Waals surface area (Å²) in [7, 11) is 0. The van der Waals surface area contributed by atoms with Crippen LogP contribution in [0.2, 0.25) is 0 Å². The molecule has 0 radical (unpaired) electrons. The minimum atomic E-state index is -0.712. The van der Waals surface area contributed by atoms with Gasteiger partial charge in [-0.3, -0.25) is 4.79 Å². The molecule has 0 aliphatic carbocycles. The predicted molar refractivity (Wildman–Crippen MR) is 126 cm³/mol. The Morgan fingerprint density at radius 2 is 1.50 bits per heavy atom. The normalized spacial score (nSPS) is 12.2. The highest BCUT2D eigenvalue weighted by Gasteiger charge is 2.31. The van der Waals surface area contributed by atoms with Crippen molar-refractivity contribution in [2.45, 2.75) is 46.0 Å². The lowest BCUT2D eigenvalue weighted by Crippen LogP contribution is -2.21. The summed E-state index contributed by atoms with van der Waals surface area (Å²) in [5.41, 5.74) is 3.55. The molecule has 1 atom stereocenters. The van der Waals surface area contributed by atoms with Crippen LogP contribution in [0.3, 0.4) is 0 Å². The Balaban J connectivity index is 2.20. The van der Waals surface area contributed by atoms with Gasteiger partial charge in [-0.25, -0.2) is 4.79 Å². The molecule has 0 aliphatic rings. The van der Waals surface area contributed by atoms with Crippen LogP contribution in [0.5, 0.6) is 5.75 Å². The van der Waals surface area contributed by atoms with Crippen LogP contribution in [0, 0.1) is 6.92 Å². The molecular formula is C28H30O4. The summed E-state index contributed by atoms with van der Waals surface area (Å²) in [4.78, 5) is 26.1. The van der Waals surface area contributed by atoms with Crippen LogP contribution >= 0.6 is 0 Å². The first-order valence-electron chi connectivity index (χ1n) is 10.9. The first kappa shape index (κ1) is 23.3. The van der Waals surface area contributed by atoms with Crippen molar-refractivity contribution >= 4 is 11.9 Å². The van der Waals surface area contributed by atoms with Gasteiger partial charge in [-0.05, 0) is 48.1 Å². The summed E-state index contributed by atoms with van der Waals surface area (Å²) >= 11 is 0. The predicted octanol–water partition coefficient (Wildman–Crippen LogP) is 6.21. The Morgan fingerprint density at radius 3 is 2.06 bits per heavy atom. The molecule has 3 aromatic rings. The number of hydrogen-bond donors (Lipinski definition) is 0. The lowest BCUT2D eigenvalue weighted by atomic mass is 9.81. The number of carbonyl (C=O) groups excluding carboxylic acids is 2. The van der Waals surface area contributed by atoms with Crippen molar-refractivity contribution in [2.75, 3.05) is 6.61 Å². The summed E-state index contributed by atoms with van der Waals surface area (Å²) in [5, 5.41) is 0. The van der Waals surface area contributed by atoms with E-state index in [4.69, 9.17) is 9.47 Å².